The molecule has 29 heavy (non-hydrogen) atoms. The summed E-state index contributed by atoms with van der Waals surface area (Å²) in [6.45, 7) is 1.86. The molecule has 0 saturated carbocycles. The SMILES string of the molecule is CN1CCCC1CCNc1ccc([N+](=O)[O-])cc1NC(=O)Cc1ccc2c(c1)O2. The largest absolute Gasteiger partial charge is 0.450 e. The van der Waals surface area contributed by atoms with Crippen LogP contribution in [0.3, 0.4) is 0 Å². The van der Waals surface area contributed by atoms with Crippen LogP contribution in [0, 0.1) is 10.1 Å². The van der Waals surface area contributed by atoms with Gasteiger partial charge in [-0.1, -0.05) is 6.07 Å². The number of nitrogens with one attached hydrogen (secondary N) is 2. The lowest BCUT2D eigenvalue weighted by atomic mass is 10.1. The van der Waals surface area contributed by atoms with Crippen LogP contribution in [0.4, 0.5) is 17.1 Å². The van der Waals surface area contributed by atoms with E-state index in [2.05, 4.69) is 22.6 Å². The fraction of sp³-hybridized carbons (Fsp3) is 0.381. The normalized spacial score (nSPS) is 17.3. The first-order valence-corrected chi connectivity index (χ1v) is 9.83. The van der Waals surface area contributed by atoms with Crippen molar-refractivity contribution in [2.75, 3.05) is 30.8 Å². The number of nitro benzene ring substituents is 1. The number of hydrogen-bond acceptors (Lipinski definition) is 6. The first-order chi connectivity index (χ1) is 14.0. The molecule has 0 radical (unpaired) electrons. The molecule has 2 aliphatic rings. The molecule has 2 aromatic rings. The second-order valence-corrected chi connectivity index (χ2v) is 7.59. The van der Waals surface area contributed by atoms with Gasteiger partial charge in [-0.05, 0) is 56.6 Å². The van der Waals surface area contributed by atoms with E-state index in [9.17, 15) is 14.9 Å². The topological polar surface area (TPSA) is 100 Å². The zero-order valence-electron chi connectivity index (χ0n) is 16.3. The lowest BCUT2D eigenvalue weighted by Gasteiger charge is -2.20. The molecule has 1 amide bonds. The highest BCUT2D eigenvalue weighted by Crippen LogP contribution is 2.45. The number of nitro groups is 1. The van der Waals surface area contributed by atoms with Crippen LogP contribution in [-0.4, -0.2) is 41.9 Å². The van der Waals surface area contributed by atoms with Crippen molar-refractivity contribution < 1.29 is 14.5 Å². The number of fused-ring (bicyclic) bond motifs is 1. The number of carbonyl (C=O) groups is 1. The first-order valence-electron chi connectivity index (χ1n) is 9.83. The van der Waals surface area contributed by atoms with Crippen molar-refractivity contribution >= 4 is 23.0 Å². The van der Waals surface area contributed by atoms with E-state index in [1.165, 1.54) is 25.0 Å². The van der Waals surface area contributed by atoms with Gasteiger partial charge in [0.05, 0.1) is 22.7 Å². The third-order valence-corrected chi connectivity index (χ3v) is 5.50. The highest BCUT2D eigenvalue weighted by Gasteiger charge is 2.22. The Hall–Kier alpha value is -3.13. The second kappa shape index (κ2) is 8.08. The molecular formula is C21H24N4O4. The van der Waals surface area contributed by atoms with Crippen LogP contribution in [0.5, 0.6) is 11.5 Å². The van der Waals surface area contributed by atoms with Crippen LogP contribution in [0.25, 0.3) is 0 Å². The molecule has 2 heterocycles. The first kappa shape index (κ1) is 19.2. The number of carbonyl (C=O) groups excluding carboxylic acids is 1. The number of anilines is 2. The van der Waals surface area contributed by atoms with E-state index in [-0.39, 0.29) is 18.0 Å². The quantitative estimate of drug-likeness (QED) is 0.341. The Labute approximate surface area is 169 Å². The molecular weight excluding hydrogens is 372 g/mol. The summed E-state index contributed by atoms with van der Waals surface area (Å²) in [6.07, 6.45) is 3.56. The van der Waals surface area contributed by atoms with Gasteiger partial charge in [0.15, 0.2) is 11.5 Å². The van der Waals surface area contributed by atoms with Crippen molar-refractivity contribution in [1.29, 1.82) is 0 Å². The Morgan fingerprint density at radius 2 is 2.10 bits per heavy atom. The smallest absolute Gasteiger partial charge is 0.271 e. The molecule has 4 rings (SSSR count). The number of hydrogen-bond donors (Lipinski definition) is 2. The van der Waals surface area contributed by atoms with Crippen LogP contribution >= 0.6 is 0 Å². The van der Waals surface area contributed by atoms with E-state index < -0.39 is 4.92 Å². The molecule has 8 nitrogen and oxygen atoms in total. The summed E-state index contributed by atoms with van der Waals surface area (Å²) in [4.78, 5) is 25.6. The van der Waals surface area contributed by atoms with Crippen molar-refractivity contribution in [2.24, 2.45) is 0 Å². The Kier molecular flexibility index (Phi) is 5.35. The standard InChI is InChI=1S/C21H24N4O4/c1-24-10-2-3-15(24)8-9-22-17-6-5-16(25(27)28)13-18(17)23-21(26)12-14-4-7-19-20(11-14)29-19/h4-7,11,13,15,22H,2-3,8-10,12H2,1H3,(H,23,26). The Morgan fingerprint density at radius 1 is 1.24 bits per heavy atom. The van der Waals surface area contributed by atoms with Crippen LogP contribution in [0.1, 0.15) is 24.8 Å². The van der Waals surface area contributed by atoms with Crippen LogP contribution < -0.4 is 15.4 Å². The van der Waals surface area contributed by atoms with Gasteiger partial charge in [0.2, 0.25) is 5.91 Å². The summed E-state index contributed by atoms with van der Waals surface area (Å²) in [6, 6.07) is 10.6. The van der Waals surface area contributed by atoms with Crippen molar-refractivity contribution in [3.63, 3.8) is 0 Å². The summed E-state index contributed by atoms with van der Waals surface area (Å²) in [7, 11) is 2.13. The fourth-order valence-electron chi connectivity index (χ4n) is 3.82. The Morgan fingerprint density at radius 3 is 2.83 bits per heavy atom. The number of likely N-dealkylation sites (tertiary alicyclic amines) is 1. The molecule has 8 heteroatoms. The van der Waals surface area contributed by atoms with Crippen molar-refractivity contribution in [2.45, 2.75) is 31.7 Å². The van der Waals surface area contributed by atoms with Gasteiger partial charge in [-0.15, -0.1) is 0 Å². The minimum atomic E-state index is -0.461. The van der Waals surface area contributed by atoms with Gasteiger partial charge in [-0.25, -0.2) is 0 Å². The summed E-state index contributed by atoms with van der Waals surface area (Å²) >= 11 is 0. The predicted octanol–water partition coefficient (Wildman–Crippen LogP) is 3.78. The third-order valence-electron chi connectivity index (χ3n) is 5.50. The van der Waals surface area contributed by atoms with Gasteiger partial charge in [0, 0.05) is 24.7 Å². The van der Waals surface area contributed by atoms with Crippen molar-refractivity contribution in [3.8, 4) is 11.5 Å². The predicted molar refractivity (Wildman–Crippen MR) is 111 cm³/mol. The van der Waals surface area contributed by atoms with Crippen molar-refractivity contribution in [1.82, 2.24) is 4.90 Å². The van der Waals surface area contributed by atoms with E-state index in [0.717, 1.165) is 36.6 Å². The van der Waals surface area contributed by atoms with Gasteiger partial charge < -0.3 is 20.3 Å². The number of nitrogens with zero attached hydrogens (tertiary/aromatic N) is 2. The van der Waals surface area contributed by atoms with Gasteiger partial charge in [0.1, 0.15) is 0 Å². The molecule has 2 N–H and O–H groups in total. The van der Waals surface area contributed by atoms with E-state index in [4.69, 9.17) is 4.74 Å². The van der Waals surface area contributed by atoms with Gasteiger partial charge >= 0.3 is 0 Å². The molecule has 1 fully saturated rings. The van der Waals surface area contributed by atoms with Crippen LogP contribution in [-0.2, 0) is 11.2 Å². The lowest BCUT2D eigenvalue weighted by molar-refractivity contribution is -0.384. The lowest BCUT2D eigenvalue weighted by Crippen LogP contribution is -2.27. The highest BCUT2D eigenvalue weighted by molar-refractivity contribution is 5.96. The second-order valence-electron chi connectivity index (χ2n) is 7.59. The summed E-state index contributed by atoms with van der Waals surface area (Å²) < 4.78 is 5.21. The maximum absolute atomic E-state index is 12.5. The average Bonchev–Trinajstić information content (AvgIpc) is 3.35. The fourth-order valence-corrected chi connectivity index (χ4v) is 3.82. The molecule has 0 spiro atoms. The van der Waals surface area contributed by atoms with Gasteiger partial charge in [-0.2, -0.15) is 0 Å². The molecule has 2 aromatic carbocycles. The molecule has 0 aromatic heterocycles. The molecule has 2 aliphatic heterocycles. The number of ether oxygens (including phenoxy) is 1. The molecule has 1 atom stereocenters. The Balaban J connectivity index is 1.42. The molecule has 1 saturated heterocycles. The third kappa shape index (κ3) is 4.65. The highest BCUT2D eigenvalue weighted by atomic mass is 16.6. The number of benzene rings is 2. The van der Waals surface area contributed by atoms with E-state index in [0.29, 0.717) is 17.4 Å². The molecule has 152 valence electrons. The van der Waals surface area contributed by atoms with Crippen LogP contribution in [0.2, 0.25) is 0 Å². The van der Waals surface area contributed by atoms with Crippen molar-refractivity contribution in [3.05, 3.63) is 52.1 Å². The maximum atomic E-state index is 12.5. The minimum absolute atomic E-state index is 0.0562. The Bertz CT molecular complexity index is 946. The minimum Gasteiger partial charge on any atom is -0.450 e. The zero-order valence-corrected chi connectivity index (χ0v) is 16.3. The summed E-state index contributed by atoms with van der Waals surface area (Å²) in [5.74, 6) is 1.40. The number of rotatable bonds is 8. The molecule has 0 bridgehead atoms. The summed E-state index contributed by atoms with van der Waals surface area (Å²) in [5.41, 5.74) is 1.89. The molecule has 1 unspecified atom stereocenters. The number of non-ortho nitro benzene ring substituents is 1. The van der Waals surface area contributed by atoms with E-state index in [1.807, 2.05) is 18.2 Å². The van der Waals surface area contributed by atoms with Gasteiger partial charge in [-0.3, -0.25) is 14.9 Å². The monoisotopic (exact) mass is 396 g/mol. The maximum Gasteiger partial charge on any atom is 0.271 e. The average molecular weight is 396 g/mol. The van der Waals surface area contributed by atoms with Crippen LogP contribution in [0.15, 0.2) is 36.4 Å². The van der Waals surface area contributed by atoms with E-state index in [1.54, 1.807) is 6.07 Å². The van der Waals surface area contributed by atoms with Gasteiger partial charge in [0.25, 0.3) is 5.69 Å². The molecule has 0 aliphatic carbocycles. The summed E-state index contributed by atoms with van der Waals surface area (Å²) in [5, 5.41) is 17.3. The van der Waals surface area contributed by atoms with E-state index >= 15 is 0 Å². The zero-order chi connectivity index (χ0) is 20.4. The number of amides is 1.